The van der Waals surface area contributed by atoms with Crippen LogP contribution in [0, 0.1) is 5.92 Å². The highest BCUT2D eigenvalue weighted by atomic mass is 32.2. The van der Waals surface area contributed by atoms with Crippen LogP contribution in [0.2, 0.25) is 0 Å². The van der Waals surface area contributed by atoms with Gasteiger partial charge in [0.2, 0.25) is 5.91 Å². The van der Waals surface area contributed by atoms with Gasteiger partial charge >= 0.3 is 5.97 Å². The molecular weight excluding hydrogens is 580 g/mol. The van der Waals surface area contributed by atoms with Crippen LogP contribution in [0.4, 0.5) is 0 Å². The summed E-state index contributed by atoms with van der Waals surface area (Å²) in [5, 5.41) is 35.6. The molecule has 9 unspecified atom stereocenters. The summed E-state index contributed by atoms with van der Waals surface area (Å²) < 4.78 is 11.7. The molecule has 0 spiro atoms. The number of rotatable bonds is 22. The number of thioether (sulfide) groups is 1. The maximum Gasteiger partial charge on any atom is 0.306 e. The zero-order chi connectivity index (χ0) is 32.5. The topological polar surface area (TPSA) is 129 Å². The van der Waals surface area contributed by atoms with E-state index in [1.165, 1.54) is 82.9 Å². The Morgan fingerprint density at radius 2 is 1.50 bits per heavy atom. The summed E-state index contributed by atoms with van der Waals surface area (Å²) in [7, 11) is 1.92. The maximum absolute atomic E-state index is 13.2. The molecule has 0 aromatic heterocycles. The Morgan fingerprint density at radius 1 is 0.932 bits per heavy atom. The predicted octanol–water partition coefficient (Wildman–Crippen LogP) is 5.18. The summed E-state index contributed by atoms with van der Waals surface area (Å²) in [6, 6.07) is -1.27. The Morgan fingerprint density at radius 3 is 2.02 bits per heavy atom. The van der Waals surface area contributed by atoms with E-state index >= 15 is 0 Å². The van der Waals surface area contributed by atoms with Crippen molar-refractivity contribution in [3.8, 4) is 0 Å². The van der Waals surface area contributed by atoms with Gasteiger partial charge in [0.1, 0.15) is 23.7 Å². The normalized spacial score (nSPS) is 29.0. The molecule has 9 nitrogen and oxygen atoms in total. The second-order valence-electron chi connectivity index (χ2n) is 13.3. The molecule has 0 aromatic rings. The van der Waals surface area contributed by atoms with Crippen molar-refractivity contribution >= 4 is 23.6 Å². The van der Waals surface area contributed by atoms with Crippen LogP contribution >= 0.6 is 11.8 Å². The highest BCUT2D eigenvalue weighted by molar-refractivity contribution is 7.99. The van der Waals surface area contributed by atoms with E-state index in [0.717, 1.165) is 45.1 Å². The summed E-state index contributed by atoms with van der Waals surface area (Å²) in [6.45, 7) is 6.75. The molecule has 9 atom stereocenters. The number of carbonyl (C=O) groups excluding carboxylic acids is 2. The zero-order valence-corrected chi connectivity index (χ0v) is 29.1. The number of hydrogen-bond donors (Lipinski definition) is 4. The molecule has 1 amide bonds. The summed E-state index contributed by atoms with van der Waals surface area (Å²) in [4.78, 5) is 27.9. The largest absolute Gasteiger partial charge is 0.456 e. The smallest absolute Gasteiger partial charge is 0.306 e. The lowest BCUT2D eigenvalue weighted by Crippen LogP contribution is -2.66. The SMILES string of the molecule is CCCCCCCCCCCCCCCC(=O)OC1C(SC)OC(C(NC(=O)C2CC(CCC)CN2C)C(C)O)C(O)C1O. The Kier molecular flexibility index (Phi) is 19.5. The average Bonchev–Trinajstić information content (AvgIpc) is 3.36. The van der Waals surface area contributed by atoms with Gasteiger partial charge in [0.15, 0.2) is 6.10 Å². The van der Waals surface area contributed by atoms with Gasteiger partial charge in [0.05, 0.1) is 18.2 Å². The van der Waals surface area contributed by atoms with E-state index in [4.69, 9.17) is 9.47 Å². The summed E-state index contributed by atoms with van der Waals surface area (Å²) in [5.41, 5.74) is -0.754. The van der Waals surface area contributed by atoms with Gasteiger partial charge in [0.25, 0.3) is 0 Å². The minimum absolute atomic E-state index is 0.227. The number of amides is 1. The molecule has 2 fully saturated rings. The maximum atomic E-state index is 13.2. The van der Waals surface area contributed by atoms with E-state index in [1.807, 2.05) is 11.9 Å². The zero-order valence-electron chi connectivity index (χ0n) is 28.3. The Hall–Kier alpha value is -0.910. The minimum atomic E-state index is -1.46. The molecule has 0 bridgehead atoms. The fraction of sp³-hybridized carbons (Fsp3) is 0.941. The number of unbranched alkanes of at least 4 members (excludes halogenated alkanes) is 12. The number of aliphatic hydroxyl groups is 3. The lowest BCUT2D eigenvalue weighted by molar-refractivity contribution is -0.223. The van der Waals surface area contributed by atoms with Crippen molar-refractivity contribution in [2.75, 3.05) is 19.8 Å². The molecule has 258 valence electrons. The van der Waals surface area contributed by atoms with E-state index in [1.54, 1.807) is 6.26 Å². The van der Waals surface area contributed by atoms with Gasteiger partial charge < -0.3 is 30.1 Å². The number of nitrogens with one attached hydrogen (secondary N) is 1. The van der Waals surface area contributed by atoms with Crippen molar-refractivity contribution in [2.45, 2.75) is 178 Å². The third-order valence-electron chi connectivity index (χ3n) is 9.38. The minimum Gasteiger partial charge on any atom is -0.456 e. The number of likely N-dealkylation sites (N-methyl/N-ethyl adjacent to an activating group) is 1. The lowest BCUT2D eigenvalue weighted by atomic mass is 9.91. The second-order valence-corrected chi connectivity index (χ2v) is 14.2. The first kappa shape index (κ1) is 39.3. The van der Waals surface area contributed by atoms with Crippen molar-refractivity contribution < 1.29 is 34.4 Å². The standard InChI is InChI=1S/C34H64N2O7S/c1-6-8-9-10-11-12-13-14-15-16-17-18-19-21-27(38)42-32-30(40)29(39)31(43-34(32)44-5)28(24(3)37)35-33(41)26-22-25(20-7-2)23-36(26)4/h24-26,28-32,34,37,39-40H,6-23H2,1-5H3,(H,35,41). The predicted molar refractivity (Wildman–Crippen MR) is 177 cm³/mol. The molecule has 0 saturated carbocycles. The molecular formula is C34H64N2O7S. The van der Waals surface area contributed by atoms with E-state index in [0.29, 0.717) is 5.92 Å². The van der Waals surface area contributed by atoms with Crippen molar-refractivity contribution in [1.29, 1.82) is 0 Å². The first-order valence-electron chi connectivity index (χ1n) is 17.6. The summed E-state index contributed by atoms with van der Waals surface area (Å²) >= 11 is 1.26. The molecule has 10 heteroatoms. The molecule has 4 N–H and O–H groups in total. The number of esters is 1. The third kappa shape index (κ3) is 13.1. The molecule has 0 aromatic carbocycles. The van der Waals surface area contributed by atoms with Crippen LogP contribution in [-0.4, -0.2) is 100.0 Å². The first-order chi connectivity index (χ1) is 21.1. The van der Waals surface area contributed by atoms with E-state index < -0.39 is 48.0 Å². The molecule has 0 aliphatic carbocycles. The van der Waals surface area contributed by atoms with Gasteiger partial charge in [-0.15, -0.1) is 11.8 Å². The Labute approximate surface area is 271 Å². The van der Waals surface area contributed by atoms with Gasteiger partial charge in [-0.1, -0.05) is 97.3 Å². The van der Waals surface area contributed by atoms with Gasteiger partial charge in [-0.2, -0.15) is 0 Å². The van der Waals surface area contributed by atoms with Crippen LogP contribution in [0.5, 0.6) is 0 Å². The van der Waals surface area contributed by atoms with Gasteiger partial charge in [-0.3, -0.25) is 14.5 Å². The van der Waals surface area contributed by atoms with E-state index in [-0.39, 0.29) is 18.4 Å². The van der Waals surface area contributed by atoms with Crippen molar-refractivity contribution in [2.24, 2.45) is 5.92 Å². The number of ether oxygens (including phenoxy) is 2. The van der Waals surface area contributed by atoms with Crippen molar-refractivity contribution in [3.05, 3.63) is 0 Å². The molecule has 2 aliphatic rings. The highest BCUT2D eigenvalue weighted by Crippen LogP contribution is 2.32. The quantitative estimate of drug-likeness (QED) is 0.0932. The number of aliphatic hydroxyl groups excluding tert-OH is 3. The van der Waals surface area contributed by atoms with Crippen LogP contribution in [-0.2, 0) is 19.1 Å². The number of likely N-dealkylation sites (tertiary alicyclic amines) is 1. The van der Waals surface area contributed by atoms with E-state index in [2.05, 4.69) is 19.2 Å². The Balaban J connectivity index is 1.76. The van der Waals surface area contributed by atoms with Crippen molar-refractivity contribution in [1.82, 2.24) is 10.2 Å². The van der Waals surface area contributed by atoms with Gasteiger partial charge in [-0.05, 0) is 45.4 Å². The number of hydrogen-bond acceptors (Lipinski definition) is 9. The molecule has 2 saturated heterocycles. The Bertz CT molecular complexity index is 802. The first-order valence-corrected chi connectivity index (χ1v) is 18.9. The van der Waals surface area contributed by atoms with Crippen molar-refractivity contribution in [3.63, 3.8) is 0 Å². The van der Waals surface area contributed by atoms with Crippen LogP contribution in [0.3, 0.4) is 0 Å². The van der Waals surface area contributed by atoms with Crippen LogP contribution < -0.4 is 5.32 Å². The highest BCUT2D eigenvalue weighted by Gasteiger charge is 2.50. The molecule has 2 aliphatic heterocycles. The number of nitrogens with zero attached hydrogens (tertiary/aromatic N) is 1. The molecule has 0 radical (unpaired) electrons. The summed E-state index contributed by atoms with van der Waals surface area (Å²) in [5.74, 6) is -0.203. The lowest BCUT2D eigenvalue weighted by Gasteiger charge is -2.45. The van der Waals surface area contributed by atoms with E-state index in [9.17, 15) is 24.9 Å². The van der Waals surface area contributed by atoms with Crippen LogP contribution in [0.1, 0.15) is 130 Å². The van der Waals surface area contributed by atoms with Crippen LogP contribution in [0.25, 0.3) is 0 Å². The molecule has 44 heavy (non-hydrogen) atoms. The summed E-state index contributed by atoms with van der Waals surface area (Å²) in [6.07, 6.45) is 14.7. The van der Waals surface area contributed by atoms with Gasteiger partial charge in [-0.25, -0.2) is 0 Å². The molecule has 2 heterocycles. The fourth-order valence-corrected chi connectivity index (χ4v) is 7.46. The molecule has 2 rings (SSSR count). The third-order valence-corrected chi connectivity index (χ3v) is 10.2. The monoisotopic (exact) mass is 644 g/mol. The van der Waals surface area contributed by atoms with Crippen LogP contribution in [0.15, 0.2) is 0 Å². The van der Waals surface area contributed by atoms with Gasteiger partial charge in [0, 0.05) is 13.0 Å². The average molecular weight is 645 g/mol. The fourth-order valence-electron chi connectivity index (χ4n) is 6.74. The number of carbonyl (C=O) groups is 2. The second kappa shape index (κ2) is 21.8.